The lowest BCUT2D eigenvalue weighted by Crippen LogP contribution is -2.34. The molecular weight excluding hydrogens is 284 g/mol. The average Bonchev–Trinajstić information content (AvgIpc) is 2.55. The number of carbonyl (C=O) groups is 3. The monoisotopic (exact) mass is 308 g/mol. The van der Waals surface area contributed by atoms with Crippen molar-refractivity contribution in [3.63, 3.8) is 0 Å². The summed E-state index contributed by atoms with van der Waals surface area (Å²) in [6.07, 6.45) is 5.60. The molecule has 0 aromatic carbocycles. The van der Waals surface area contributed by atoms with Crippen LogP contribution in [0.25, 0.3) is 0 Å². The van der Waals surface area contributed by atoms with Crippen LogP contribution in [0.1, 0.15) is 32.6 Å². The van der Waals surface area contributed by atoms with Crippen LogP contribution in [-0.2, 0) is 23.9 Å². The van der Waals surface area contributed by atoms with E-state index in [2.05, 4.69) is 19.7 Å². The van der Waals surface area contributed by atoms with Gasteiger partial charge in [0.05, 0.1) is 0 Å². The van der Waals surface area contributed by atoms with Crippen molar-refractivity contribution in [3.8, 4) is 0 Å². The van der Waals surface area contributed by atoms with Gasteiger partial charge < -0.3 is 9.47 Å². The Labute approximate surface area is 131 Å². The van der Waals surface area contributed by atoms with Gasteiger partial charge in [0.1, 0.15) is 13.2 Å². The first-order valence-corrected chi connectivity index (χ1v) is 7.16. The second kappa shape index (κ2) is 10.5. The maximum absolute atomic E-state index is 11.3. The van der Waals surface area contributed by atoms with E-state index in [0.29, 0.717) is 25.7 Å². The second-order valence-corrected chi connectivity index (χ2v) is 5.00. The summed E-state index contributed by atoms with van der Waals surface area (Å²) in [5.41, 5.74) is -0.529. The van der Waals surface area contributed by atoms with Crippen molar-refractivity contribution in [2.24, 2.45) is 5.41 Å². The summed E-state index contributed by atoms with van der Waals surface area (Å²) < 4.78 is 10.2. The fraction of sp³-hybridized carbons (Fsp3) is 0.471. The van der Waals surface area contributed by atoms with E-state index in [9.17, 15) is 14.4 Å². The van der Waals surface area contributed by atoms with Crippen molar-refractivity contribution in [3.05, 3.63) is 38.0 Å². The van der Waals surface area contributed by atoms with Gasteiger partial charge in [-0.3, -0.25) is 4.79 Å². The Morgan fingerprint density at radius 1 is 0.955 bits per heavy atom. The van der Waals surface area contributed by atoms with E-state index in [1.807, 2.05) is 6.92 Å². The zero-order valence-corrected chi connectivity index (χ0v) is 13.1. The molecule has 0 aliphatic heterocycles. The maximum Gasteiger partial charge on any atom is 0.330 e. The first-order valence-electron chi connectivity index (χ1n) is 7.16. The molecule has 5 heteroatoms. The van der Waals surface area contributed by atoms with Gasteiger partial charge in [-0.15, -0.1) is 0 Å². The Morgan fingerprint density at radius 3 is 1.82 bits per heavy atom. The number of hydrogen-bond acceptors (Lipinski definition) is 5. The summed E-state index contributed by atoms with van der Waals surface area (Å²) in [5.74, 6) is -1.11. The normalized spacial score (nSPS) is 10.4. The number of rotatable bonds is 12. The lowest BCUT2D eigenvalue weighted by atomic mass is 9.81. The maximum atomic E-state index is 11.3. The summed E-state index contributed by atoms with van der Waals surface area (Å²) in [7, 11) is 0. The van der Waals surface area contributed by atoms with Crippen LogP contribution >= 0.6 is 0 Å². The molecule has 0 aromatic heterocycles. The highest BCUT2D eigenvalue weighted by Gasteiger charge is 2.31. The van der Waals surface area contributed by atoms with E-state index in [-0.39, 0.29) is 19.0 Å². The average molecular weight is 308 g/mol. The predicted octanol–water partition coefficient (Wildman–Crippen LogP) is 2.77. The Bertz CT molecular complexity index is 412. The third-order valence-corrected chi connectivity index (χ3v) is 3.48. The number of esters is 2. The SMILES string of the molecule is C=CC(=O)CCCC(CC)(COC(=O)C=C)COC(=O)C=C. The summed E-state index contributed by atoms with van der Waals surface area (Å²) in [4.78, 5) is 33.8. The van der Waals surface area contributed by atoms with Gasteiger partial charge in [-0.25, -0.2) is 9.59 Å². The zero-order valence-electron chi connectivity index (χ0n) is 13.1. The molecular formula is C17H24O5. The van der Waals surface area contributed by atoms with Gasteiger partial charge >= 0.3 is 11.9 Å². The molecule has 0 fully saturated rings. The lowest BCUT2D eigenvalue weighted by Gasteiger charge is -2.31. The minimum Gasteiger partial charge on any atom is -0.462 e. The van der Waals surface area contributed by atoms with E-state index in [0.717, 1.165) is 12.2 Å². The minimum atomic E-state index is -0.532. The van der Waals surface area contributed by atoms with Gasteiger partial charge in [0.2, 0.25) is 0 Å². The Morgan fingerprint density at radius 2 is 1.45 bits per heavy atom. The van der Waals surface area contributed by atoms with Crippen LogP contribution < -0.4 is 0 Å². The van der Waals surface area contributed by atoms with Gasteiger partial charge in [-0.1, -0.05) is 26.7 Å². The van der Waals surface area contributed by atoms with Gasteiger partial charge in [-0.2, -0.15) is 0 Å². The van der Waals surface area contributed by atoms with E-state index < -0.39 is 17.4 Å². The van der Waals surface area contributed by atoms with Crippen molar-refractivity contribution >= 4 is 17.7 Å². The summed E-state index contributed by atoms with van der Waals surface area (Å²) in [5, 5.41) is 0. The molecule has 0 atom stereocenters. The number of allylic oxidation sites excluding steroid dienone is 1. The fourth-order valence-corrected chi connectivity index (χ4v) is 1.87. The molecule has 0 aliphatic carbocycles. The fourth-order valence-electron chi connectivity index (χ4n) is 1.87. The van der Waals surface area contributed by atoms with Gasteiger partial charge in [0, 0.05) is 24.0 Å². The van der Waals surface area contributed by atoms with Crippen LogP contribution in [-0.4, -0.2) is 30.9 Å². The zero-order chi connectivity index (χ0) is 17.0. The van der Waals surface area contributed by atoms with Crippen LogP contribution in [0.4, 0.5) is 0 Å². The Balaban J connectivity index is 4.79. The largest absolute Gasteiger partial charge is 0.462 e. The topological polar surface area (TPSA) is 69.7 Å². The first kappa shape index (κ1) is 19.8. The molecule has 0 N–H and O–H groups in total. The first-order chi connectivity index (χ1) is 10.4. The molecule has 0 radical (unpaired) electrons. The third-order valence-electron chi connectivity index (χ3n) is 3.48. The Hall–Kier alpha value is -2.17. The van der Waals surface area contributed by atoms with Gasteiger partial charge in [0.15, 0.2) is 5.78 Å². The van der Waals surface area contributed by atoms with Crippen LogP contribution in [0.3, 0.4) is 0 Å². The minimum absolute atomic E-state index is 0.0452. The van der Waals surface area contributed by atoms with Crippen LogP contribution in [0.5, 0.6) is 0 Å². The molecule has 22 heavy (non-hydrogen) atoms. The number of hydrogen-bond donors (Lipinski definition) is 0. The molecule has 0 aliphatic rings. The van der Waals surface area contributed by atoms with E-state index in [1.165, 1.54) is 6.08 Å². The third kappa shape index (κ3) is 7.57. The summed E-state index contributed by atoms with van der Waals surface area (Å²) in [6, 6.07) is 0. The molecule has 0 aromatic rings. The van der Waals surface area contributed by atoms with Crippen molar-refractivity contribution in [1.82, 2.24) is 0 Å². The van der Waals surface area contributed by atoms with E-state index in [4.69, 9.17) is 9.47 Å². The highest BCUT2D eigenvalue weighted by Crippen LogP contribution is 2.30. The number of ether oxygens (including phenoxy) is 2. The molecule has 5 nitrogen and oxygen atoms in total. The van der Waals surface area contributed by atoms with Gasteiger partial charge in [-0.05, 0) is 25.3 Å². The molecule has 0 unspecified atom stereocenters. The molecule has 122 valence electrons. The van der Waals surface area contributed by atoms with Crippen LogP contribution in [0.2, 0.25) is 0 Å². The quantitative estimate of drug-likeness (QED) is 0.409. The molecule has 0 saturated heterocycles. The van der Waals surface area contributed by atoms with Crippen molar-refractivity contribution in [2.45, 2.75) is 32.6 Å². The Kier molecular flexibility index (Phi) is 9.50. The molecule has 0 bridgehead atoms. The van der Waals surface area contributed by atoms with Crippen molar-refractivity contribution in [2.75, 3.05) is 13.2 Å². The number of carbonyl (C=O) groups excluding carboxylic acids is 3. The second-order valence-electron chi connectivity index (χ2n) is 5.00. The van der Waals surface area contributed by atoms with E-state index >= 15 is 0 Å². The van der Waals surface area contributed by atoms with Crippen molar-refractivity contribution < 1.29 is 23.9 Å². The number of ketones is 1. The van der Waals surface area contributed by atoms with E-state index in [1.54, 1.807) is 0 Å². The highest BCUT2D eigenvalue weighted by molar-refractivity contribution is 5.88. The van der Waals surface area contributed by atoms with Gasteiger partial charge in [0.25, 0.3) is 0 Å². The standard InChI is InChI=1S/C17H24O5/c1-5-14(18)10-9-11-17(8-4,12-21-15(19)6-2)13-22-16(20)7-3/h5-7H,1-3,8-13H2,4H3. The molecule has 0 amide bonds. The molecule has 0 rings (SSSR count). The molecule has 0 saturated carbocycles. The molecule has 0 heterocycles. The lowest BCUT2D eigenvalue weighted by molar-refractivity contribution is -0.148. The highest BCUT2D eigenvalue weighted by atomic mass is 16.5. The van der Waals surface area contributed by atoms with Crippen LogP contribution in [0.15, 0.2) is 38.0 Å². The predicted molar refractivity (Wildman–Crippen MR) is 84.1 cm³/mol. The summed E-state index contributed by atoms with van der Waals surface area (Å²) >= 11 is 0. The van der Waals surface area contributed by atoms with Crippen molar-refractivity contribution in [1.29, 1.82) is 0 Å². The summed E-state index contributed by atoms with van der Waals surface area (Å²) in [6.45, 7) is 12.2. The smallest absolute Gasteiger partial charge is 0.330 e. The van der Waals surface area contributed by atoms with Crippen LogP contribution in [0, 0.1) is 5.41 Å². The molecule has 0 spiro atoms.